The van der Waals surface area contributed by atoms with Gasteiger partial charge in [0.15, 0.2) is 0 Å². The Hall–Kier alpha value is -2.73. The van der Waals surface area contributed by atoms with Gasteiger partial charge in [0.1, 0.15) is 5.01 Å². The molecule has 0 fully saturated rings. The van der Waals surface area contributed by atoms with Crippen LogP contribution in [-0.4, -0.2) is 15.9 Å². The third-order valence-electron chi connectivity index (χ3n) is 3.55. The Labute approximate surface area is 143 Å². The Morgan fingerprint density at radius 3 is 2.79 bits per heavy atom. The lowest BCUT2D eigenvalue weighted by molar-refractivity contribution is 0.0950. The number of benzene rings is 1. The number of carbonyl (C=O) groups is 1. The van der Waals surface area contributed by atoms with E-state index in [0.717, 1.165) is 22.0 Å². The highest BCUT2D eigenvalue weighted by Gasteiger charge is 2.09. The summed E-state index contributed by atoms with van der Waals surface area (Å²) in [6.07, 6.45) is 0.670. The number of hydrogen-bond acceptors (Lipinski definition) is 4. The maximum absolute atomic E-state index is 12.2. The maximum atomic E-state index is 12.2. The summed E-state index contributed by atoms with van der Waals surface area (Å²) in [6, 6.07) is 12.9. The number of aromatic nitrogens is 2. The molecule has 0 atom stereocenters. The molecule has 2 aromatic heterocycles. The van der Waals surface area contributed by atoms with Crippen LogP contribution in [-0.2, 0) is 13.0 Å². The molecule has 1 aromatic carbocycles. The lowest BCUT2D eigenvalue weighted by atomic mass is 10.2. The van der Waals surface area contributed by atoms with Gasteiger partial charge >= 0.3 is 0 Å². The number of nitrogens with one attached hydrogen (secondary N) is 2. The number of H-pyrrole nitrogens is 1. The maximum Gasteiger partial charge on any atom is 0.251 e. The van der Waals surface area contributed by atoms with E-state index in [9.17, 15) is 9.59 Å². The second-order valence-corrected chi connectivity index (χ2v) is 6.16. The van der Waals surface area contributed by atoms with E-state index in [1.165, 1.54) is 6.07 Å². The minimum Gasteiger partial charge on any atom is -0.346 e. The van der Waals surface area contributed by atoms with E-state index in [-0.39, 0.29) is 11.5 Å². The van der Waals surface area contributed by atoms with Gasteiger partial charge in [-0.3, -0.25) is 9.59 Å². The summed E-state index contributed by atoms with van der Waals surface area (Å²) < 4.78 is 0. The molecule has 2 N–H and O–H groups in total. The highest BCUT2D eigenvalue weighted by atomic mass is 32.1. The zero-order valence-corrected chi connectivity index (χ0v) is 14.0. The number of aromatic amines is 1. The smallest absolute Gasteiger partial charge is 0.251 e. The largest absolute Gasteiger partial charge is 0.346 e. The van der Waals surface area contributed by atoms with Crippen LogP contribution in [0.1, 0.15) is 28.7 Å². The van der Waals surface area contributed by atoms with Gasteiger partial charge in [-0.1, -0.05) is 37.3 Å². The summed E-state index contributed by atoms with van der Waals surface area (Å²) in [5, 5.41) is 5.66. The van der Waals surface area contributed by atoms with Crippen molar-refractivity contribution in [1.82, 2.24) is 15.3 Å². The van der Waals surface area contributed by atoms with Crippen molar-refractivity contribution in [1.29, 1.82) is 0 Å². The Balaban J connectivity index is 1.68. The van der Waals surface area contributed by atoms with E-state index in [4.69, 9.17) is 0 Å². The molecule has 6 heteroatoms. The van der Waals surface area contributed by atoms with Crippen molar-refractivity contribution in [2.75, 3.05) is 0 Å². The van der Waals surface area contributed by atoms with Crippen LogP contribution < -0.4 is 10.9 Å². The first-order valence-electron chi connectivity index (χ1n) is 7.67. The third-order valence-corrected chi connectivity index (χ3v) is 4.49. The van der Waals surface area contributed by atoms with Gasteiger partial charge in [0.25, 0.3) is 5.91 Å². The minimum absolute atomic E-state index is 0.264. The molecular formula is C18H17N3O2S. The molecule has 0 aliphatic carbocycles. The molecule has 3 rings (SSSR count). The third kappa shape index (κ3) is 3.78. The topological polar surface area (TPSA) is 74.8 Å². The van der Waals surface area contributed by atoms with Crippen LogP contribution in [0.2, 0.25) is 0 Å². The van der Waals surface area contributed by atoms with Crippen molar-refractivity contribution >= 4 is 17.2 Å². The molecule has 0 aliphatic rings. The van der Waals surface area contributed by atoms with Crippen molar-refractivity contribution in [2.24, 2.45) is 0 Å². The number of amides is 1. The van der Waals surface area contributed by atoms with Gasteiger partial charge in [0, 0.05) is 28.3 Å². The molecule has 24 heavy (non-hydrogen) atoms. The van der Waals surface area contributed by atoms with Crippen LogP contribution in [0.15, 0.2) is 52.6 Å². The van der Waals surface area contributed by atoms with E-state index in [0.29, 0.717) is 18.5 Å². The summed E-state index contributed by atoms with van der Waals surface area (Å²) in [7, 11) is 0. The van der Waals surface area contributed by atoms with Gasteiger partial charge in [0.2, 0.25) is 5.56 Å². The standard InChI is InChI=1S/C18H17N3O2S/c1-2-14-8-13(9-16(22)20-14)17(23)19-10-15-11-24-18(21-15)12-6-4-3-5-7-12/h3-9,11H,2,10H2,1H3,(H,19,23)(H,20,22). The van der Waals surface area contributed by atoms with Gasteiger partial charge in [-0.15, -0.1) is 11.3 Å². The molecule has 122 valence electrons. The molecule has 0 spiro atoms. The first-order chi connectivity index (χ1) is 11.7. The molecule has 0 unspecified atom stereocenters. The summed E-state index contributed by atoms with van der Waals surface area (Å²) in [5.74, 6) is -0.273. The number of pyridine rings is 1. The van der Waals surface area contributed by atoms with E-state index < -0.39 is 0 Å². The van der Waals surface area contributed by atoms with Gasteiger partial charge in [-0.25, -0.2) is 4.98 Å². The van der Waals surface area contributed by atoms with E-state index >= 15 is 0 Å². The summed E-state index contributed by atoms with van der Waals surface area (Å²) in [4.78, 5) is 31.0. The monoisotopic (exact) mass is 339 g/mol. The second-order valence-electron chi connectivity index (χ2n) is 5.30. The van der Waals surface area contributed by atoms with E-state index in [2.05, 4.69) is 15.3 Å². The van der Waals surface area contributed by atoms with Crippen molar-refractivity contribution in [2.45, 2.75) is 19.9 Å². The molecule has 1 amide bonds. The molecule has 0 radical (unpaired) electrons. The lowest BCUT2D eigenvalue weighted by Gasteiger charge is -2.04. The predicted molar refractivity (Wildman–Crippen MR) is 95.2 cm³/mol. The first-order valence-corrected chi connectivity index (χ1v) is 8.55. The highest BCUT2D eigenvalue weighted by molar-refractivity contribution is 7.13. The first kappa shape index (κ1) is 16.1. The summed E-state index contributed by atoms with van der Waals surface area (Å²) in [5.41, 5.74) is 2.70. The van der Waals surface area contributed by atoms with Crippen LogP contribution in [0, 0.1) is 0 Å². The quantitative estimate of drug-likeness (QED) is 0.750. The number of aryl methyl sites for hydroxylation is 1. The zero-order valence-electron chi connectivity index (χ0n) is 13.2. The highest BCUT2D eigenvalue weighted by Crippen LogP contribution is 2.23. The van der Waals surface area contributed by atoms with Crippen LogP contribution >= 0.6 is 11.3 Å². The SMILES string of the molecule is CCc1cc(C(=O)NCc2csc(-c3ccccc3)n2)cc(=O)[nH]1. The van der Waals surface area contributed by atoms with E-state index in [1.807, 2.05) is 42.6 Å². The molecule has 5 nitrogen and oxygen atoms in total. The Kier molecular flexibility index (Phi) is 4.86. The van der Waals surface area contributed by atoms with Crippen LogP contribution in [0.4, 0.5) is 0 Å². The zero-order chi connectivity index (χ0) is 16.9. The summed E-state index contributed by atoms with van der Waals surface area (Å²) >= 11 is 1.54. The van der Waals surface area contributed by atoms with Gasteiger partial charge in [-0.05, 0) is 12.5 Å². The molecule has 0 saturated heterocycles. The minimum atomic E-state index is -0.273. The Morgan fingerprint density at radius 1 is 1.25 bits per heavy atom. The van der Waals surface area contributed by atoms with Gasteiger partial charge in [0.05, 0.1) is 12.2 Å². The number of thiazole rings is 1. The molecule has 2 heterocycles. The van der Waals surface area contributed by atoms with Crippen molar-refractivity contribution < 1.29 is 4.79 Å². The van der Waals surface area contributed by atoms with Crippen LogP contribution in [0.25, 0.3) is 10.6 Å². The van der Waals surface area contributed by atoms with Gasteiger partial charge in [-0.2, -0.15) is 0 Å². The normalized spacial score (nSPS) is 10.5. The number of nitrogens with zero attached hydrogens (tertiary/aromatic N) is 1. The molecule has 3 aromatic rings. The Bertz CT molecular complexity index is 900. The second kappa shape index (κ2) is 7.23. The molecule has 0 aliphatic heterocycles. The molecule has 0 bridgehead atoms. The lowest BCUT2D eigenvalue weighted by Crippen LogP contribution is -2.25. The van der Waals surface area contributed by atoms with Crippen molar-refractivity contribution in [3.63, 3.8) is 0 Å². The molecular weight excluding hydrogens is 322 g/mol. The number of rotatable bonds is 5. The molecule has 0 saturated carbocycles. The fraction of sp³-hybridized carbons (Fsp3) is 0.167. The Morgan fingerprint density at radius 2 is 2.04 bits per heavy atom. The fourth-order valence-corrected chi connectivity index (χ4v) is 3.12. The van der Waals surface area contributed by atoms with Gasteiger partial charge < -0.3 is 10.3 Å². The average Bonchev–Trinajstić information content (AvgIpc) is 3.09. The van der Waals surface area contributed by atoms with Crippen molar-refractivity contribution in [3.8, 4) is 10.6 Å². The van der Waals surface area contributed by atoms with E-state index in [1.54, 1.807) is 17.4 Å². The predicted octanol–water partition coefficient (Wildman–Crippen LogP) is 2.99. The van der Waals surface area contributed by atoms with Crippen LogP contribution in [0.3, 0.4) is 0 Å². The summed E-state index contributed by atoms with van der Waals surface area (Å²) in [6.45, 7) is 2.25. The van der Waals surface area contributed by atoms with Crippen LogP contribution in [0.5, 0.6) is 0 Å². The van der Waals surface area contributed by atoms with Crippen molar-refractivity contribution in [3.05, 3.63) is 75.1 Å². The number of hydrogen-bond donors (Lipinski definition) is 2. The fourth-order valence-electron chi connectivity index (χ4n) is 2.30. The number of carbonyl (C=O) groups excluding carboxylic acids is 1. The average molecular weight is 339 g/mol.